The molecule has 0 fully saturated rings. The molecule has 0 amide bonds. The zero-order chi connectivity index (χ0) is 26.0. The van der Waals surface area contributed by atoms with Crippen LogP contribution in [-0.2, 0) is 7.05 Å². The van der Waals surface area contributed by atoms with Crippen molar-refractivity contribution >= 4 is 27.8 Å². The lowest BCUT2D eigenvalue weighted by Crippen LogP contribution is -2.24. The second kappa shape index (κ2) is 8.49. The van der Waals surface area contributed by atoms with Gasteiger partial charge in [0, 0.05) is 60.6 Å². The molecule has 0 saturated carbocycles. The lowest BCUT2D eigenvalue weighted by Gasteiger charge is -2.32. The molecular weight excluding hydrogens is 481 g/mol. The highest BCUT2D eigenvalue weighted by Crippen LogP contribution is 2.48. The number of imidazole rings is 1. The van der Waals surface area contributed by atoms with Gasteiger partial charge in [-0.05, 0) is 61.1 Å². The fourth-order valence-corrected chi connectivity index (χ4v) is 5.27. The summed E-state index contributed by atoms with van der Waals surface area (Å²) in [5, 5.41) is 16.3. The zero-order valence-electron chi connectivity index (χ0n) is 21.2. The Morgan fingerprint density at radius 1 is 1.08 bits per heavy atom. The van der Waals surface area contributed by atoms with E-state index in [1.165, 1.54) is 0 Å². The van der Waals surface area contributed by atoms with Crippen molar-refractivity contribution in [2.45, 2.75) is 5.92 Å². The molecule has 4 heterocycles. The van der Waals surface area contributed by atoms with Crippen LogP contribution in [0.25, 0.3) is 44.7 Å². The van der Waals surface area contributed by atoms with Crippen molar-refractivity contribution in [1.29, 1.82) is 0 Å². The third-order valence-electron chi connectivity index (χ3n) is 7.23. The van der Waals surface area contributed by atoms with Crippen LogP contribution < -0.4 is 5.32 Å². The van der Waals surface area contributed by atoms with Gasteiger partial charge in [0.2, 0.25) is 0 Å². The Morgan fingerprint density at radius 3 is 2.76 bits per heavy atom. The maximum absolute atomic E-state index is 15.0. The molecule has 38 heavy (non-hydrogen) atoms. The standard InChI is InChI=1S/C28H26FN9/c1-37(2)9-8-30-23-12-21(29)18-11-19(23)24(18)17-6-7-31-27-25(17)33-28(34-27)26-20-10-15(4-5-22(20)35-36-26)16-13-32-38(3)14-16/h4-7,10-14,24,30H,8-9H2,1-3H3,(H,35,36)(H,31,33,34). The minimum Gasteiger partial charge on any atom is -0.383 e. The fraction of sp³-hybridized carbons (Fsp3) is 0.214. The molecule has 190 valence electrons. The number of halogens is 1. The van der Waals surface area contributed by atoms with Crippen molar-refractivity contribution in [3.63, 3.8) is 0 Å². The van der Waals surface area contributed by atoms with Crippen LogP contribution in [-0.4, -0.2) is 67.0 Å². The van der Waals surface area contributed by atoms with Gasteiger partial charge in [-0.1, -0.05) is 6.07 Å². The smallest absolute Gasteiger partial charge is 0.178 e. The van der Waals surface area contributed by atoms with Crippen molar-refractivity contribution in [2.75, 3.05) is 32.5 Å². The SMILES string of the molecule is CN(C)CCNc1cc(F)c2cc1C2c1ccnc2nc(-c3n[nH]c4ccc(-c5cnn(C)c5)cc34)[nH]c12. The van der Waals surface area contributed by atoms with E-state index in [0.29, 0.717) is 22.7 Å². The Morgan fingerprint density at radius 2 is 1.97 bits per heavy atom. The third kappa shape index (κ3) is 3.56. The van der Waals surface area contributed by atoms with Gasteiger partial charge in [0.05, 0.1) is 17.2 Å². The highest BCUT2D eigenvalue weighted by atomic mass is 19.1. The summed E-state index contributed by atoms with van der Waals surface area (Å²) < 4.78 is 16.8. The van der Waals surface area contributed by atoms with Gasteiger partial charge in [0.25, 0.3) is 0 Å². The Balaban J connectivity index is 1.28. The number of rotatable bonds is 7. The van der Waals surface area contributed by atoms with Crippen LogP contribution in [0, 0.1) is 5.82 Å². The molecule has 0 saturated heterocycles. The number of benzene rings is 2. The van der Waals surface area contributed by atoms with E-state index in [0.717, 1.165) is 57.5 Å². The number of fused-ring (bicyclic) bond motifs is 4. The number of aryl methyl sites for hydroxylation is 1. The Bertz CT molecular complexity index is 1830. The van der Waals surface area contributed by atoms with Crippen molar-refractivity contribution in [3.05, 3.63) is 77.5 Å². The van der Waals surface area contributed by atoms with Gasteiger partial charge in [-0.2, -0.15) is 10.2 Å². The highest BCUT2D eigenvalue weighted by Gasteiger charge is 2.34. The van der Waals surface area contributed by atoms with Crippen molar-refractivity contribution < 1.29 is 4.39 Å². The predicted molar refractivity (Wildman–Crippen MR) is 146 cm³/mol. The molecule has 2 aliphatic rings. The maximum Gasteiger partial charge on any atom is 0.178 e. The number of anilines is 1. The number of hydrogen-bond donors (Lipinski definition) is 3. The van der Waals surface area contributed by atoms with Crippen LogP contribution in [0.3, 0.4) is 0 Å². The summed E-state index contributed by atoms with van der Waals surface area (Å²) in [4.78, 5) is 14.8. The van der Waals surface area contributed by atoms with Gasteiger partial charge in [-0.15, -0.1) is 0 Å². The summed E-state index contributed by atoms with van der Waals surface area (Å²) in [7, 11) is 5.94. The number of H-pyrrole nitrogens is 2. The second-order valence-electron chi connectivity index (χ2n) is 10.0. The molecule has 1 atom stereocenters. The number of aromatic amines is 2. The Hall–Kier alpha value is -4.57. The number of likely N-dealkylation sites (N-methyl/N-ethyl adjacent to an activating group) is 1. The van der Waals surface area contributed by atoms with Gasteiger partial charge in [0.1, 0.15) is 11.5 Å². The van der Waals surface area contributed by atoms with Gasteiger partial charge in [-0.3, -0.25) is 9.78 Å². The number of nitrogens with zero attached hydrogens (tertiary/aromatic N) is 6. The van der Waals surface area contributed by atoms with E-state index in [9.17, 15) is 0 Å². The normalized spacial score (nSPS) is 14.5. The van der Waals surface area contributed by atoms with E-state index in [1.807, 2.05) is 57.8 Å². The van der Waals surface area contributed by atoms with E-state index < -0.39 is 0 Å². The summed E-state index contributed by atoms with van der Waals surface area (Å²) in [6, 6.07) is 11.6. The van der Waals surface area contributed by atoms with E-state index in [1.54, 1.807) is 16.9 Å². The molecule has 6 aromatic rings. The Kier molecular flexibility index (Phi) is 5.05. The lowest BCUT2D eigenvalue weighted by molar-refractivity contribution is 0.425. The van der Waals surface area contributed by atoms with Gasteiger partial charge >= 0.3 is 0 Å². The molecule has 8 rings (SSSR count). The predicted octanol–water partition coefficient (Wildman–Crippen LogP) is 4.51. The number of pyridine rings is 1. The van der Waals surface area contributed by atoms with Crippen LogP contribution in [0.4, 0.5) is 10.1 Å². The molecule has 3 N–H and O–H groups in total. The topological polar surface area (TPSA) is 103 Å². The van der Waals surface area contributed by atoms with Crippen LogP contribution >= 0.6 is 0 Å². The quantitative estimate of drug-likeness (QED) is 0.293. The van der Waals surface area contributed by atoms with Crippen LogP contribution in [0.5, 0.6) is 0 Å². The molecule has 0 radical (unpaired) electrons. The third-order valence-corrected chi connectivity index (χ3v) is 7.23. The van der Waals surface area contributed by atoms with Crippen molar-refractivity contribution in [2.24, 2.45) is 7.05 Å². The molecule has 0 spiro atoms. The summed E-state index contributed by atoms with van der Waals surface area (Å²) in [5.41, 5.74) is 8.60. The summed E-state index contributed by atoms with van der Waals surface area (Å²) in [6.07, 6.45) is 5.56. The molecule has 2 bridgehead atoms. The highest BCUT2D eigenvalue weighted by molar-refractivity contribution is 5.95. The molecule has 9 nitrogen and oxygen atoms in total. The van der Waals surface area contributed by atoms with E-state index in [4.69, 9.17) is 4.98 Å². The second-order valence-corrected chi connectivity index (χ2v) is 10.0. The van der Waals surface area contributed by atoms with Crippen LogP contribution in [0.2, 0.25) is 0 Å². The minimum absolute atomic E-state index is 0.172. The van der Waals surface area contributed by atoms with Gasteiger partial charge in [-0.25, -0.2) is 14.4 Å². The summed E-state index contributed by atoms with van der Waals surface area (Å²) in [5.74, 6) is 0.236. The first kappa shape index (κ1) is 22.6. The van der Waals surface area contributed by atoms with E-state index >= 15 is 4.39 Å². The van der Waals surface area contributed by atoms with E-state index in [2.05, 4.69) is 41.5 Å². The number of aromatic nitrogens is 7. The average molecular weight is 508 g/mol. The first-order valence-electron chi connectivity index (χ1n) is 12.5. The monoisotopic (exact) mass is 507 g/mol. The molecule has 2 aromatic carbocycles. The van der Waals surface area contributed by atoms with Crippen molar-refractivity contribution in [1.82, 2.24) is 39.8 Å². The van der Waals surface area contributed by atoms with Crippen LogP contribution in [0.1, 0.15) is 22.6 Å². The first-order chi connectivity index (χ1) is 18.5. The molecular formula is C28H26FN9. The summed E-state index contributed by atoms with van der Waals surface area (Å²) >= 11 is 0. The number of nitrogens with one attached hydrogen (secondary N) is 3. The molecule has 10 heteroatoms. The molecule has 1 unspecified atom stereocenters. The zero-order valence-corrected chi connectivity index (χ0v) is 21.2. The maximum atomic E-state index is 15.0. The average Bonchev–Trinajstić information content (AvgIpc) is 3.60. The molecule has 0 aliphatic heterocycles. The lowest BCUT2D eigenvalue weighted by atomic mass is 9.74. The summed E-state index contributed by atoms with van der Waals surface area (Å²) in [6.45, 7) is 1.59. The minimum atomic E-state index is -0.205. The van der Waals surface area contributed by atoms with Crippen molar-refractivity contribution in [3.8, 4) is 22.6 Å². The largest absolute Gasteiger partial charge is 0.383 e. The number of hydrogen-bond acceptors (Lipinski definition) is 6. The van der Waals surface area contributed by atoms with Gasteiger partial charge < -0.3 is 15.2 Å². The molecule has 4 aromatic heterocycles. The fourth-order valence-electron chi connectivity index (χ4n) is 5.27. The van der Waals surface area contributed by atoms with Gasteiger partial charge in [0.15, 0.2) is 11.5 Å². The van der Waals surface area contributed by atoms with Crippen LogP contribution in [0.15, 0.2) is 55.0 Å². The Labute approximate surface area is 217 Å². The first-order valence-corrected chi connectivity index (χ1v) is 12.5. The van der Waals surface area contributed by atoms with E-state index in [-0.39, 0.29) is 11.7 Å². The molecule has 2 aliphatic carbocycles.